The number of nitrogens with one attached hydrogen (secondary N) is 2. The van der Waals surface area contributed by atoms with E-state index in [0.29, 0.717) is 35.6 Å². The lowest BCUT2D eigenvalue weighted by atomic mass is 10.1. The van der Waals surface area contributed by atoms with Crippen LogP contribution in [0.2, 0.25) is 0 Å². The fourth-order valence-electron chi connectivity index (χ4n) is 4.95. The lowest BCUT2D eigenvalue weighted by Crippen LogP contribution is -2.46. The number of carbonyl (C=O) groups is 1. The normalized spacial score (nSPS) is 15.6. The van der Waals surface area contributed by atoms with Crippen molar-refractivity contribution in [1.82, 2.24) is 24.8 Å². The Balaban J connectivity index is 1.35. The summed E-state index contributed by atoms with van der Waals surface area (Å²) in [5.41, 5.74) is 6.38. The van der Waals surface area contributed by atoms with Crippen molar-refractivity contribution in [2.75, 3.05) is 55.6 Å². The van der Waals surface area contributed by atoms with Crippen LogP contribution in [0.15, 0.2) is 23.0 Å². The zero-order valence-corrected chi connectivity index (χ0v) is 20.4. The molecule has 0 unspecified atom stereocenters. The minimum atomic E-state index is -0.458. The quantitative estimate of drug-likeness (QED) is 0.570. The molecule has 1 aromatic carbocycles. The summed E-state index contributed by atoms with van der Waals surface area (Å²) < 4.78 is 17.1. The van der Waals surface area contributed by atoms with E-state index in [-0.39, 0.29) is 11.4 Å². The van der Waals surface area contributed by atoms with Crippen molar-refractivity contribution in [2.24, 2.45) is 0 Å². The maximum absolute atomic E-state index is 15.5. The maximum Gasteiger partial charge on any atom is 0.349 e. The molecule has 184 valence electrons. The summed E-state index contributed by atoms with van der Waals surface area (Å²) in [5.74, 6) is -0.0542. The van der Waals surface area contributed by atoms with Gasteiger partial charge in [-0.15, -0.1) is 0 Å². The monoisotopic (exact) mass is 480 g/mol. The number of piperazine rings is 1. The Labute approximate surface area is 202 Å². The van der Waals surface area contributed by atoms with E-state index in [2.05, 4.69) is 30.5 Å². The molecule has 35 heavy (non-hydrogen) atoms. The van der Waals surface area contributed by atoms with Gasteiger partial charge in [0, 0.05) is 58.9 Å². The van der Waals surface area contributed by atoms with Gasteiger partial charge in [0.05, 0.1) is 22.5 Å². The number of anilines is 3. The topological polar surface area (TPSA) is 98.6 Å². The third-order valence-corrected chi connectivity index (χ3v) is 6.81. The molecule has 11 heteroatoms. The molecule has 0 spiro atoms. The Kier molecular flexibility index (Phi) is 5.79. The highest BCUT2D eigenvalue weighted by Gasteiger charge is 2.28. The van der Waals surface area contributed by atoms with Crippen LogP contribution in [-0.2, 0) is 13.1 Å². The van der Waals surface area contributed by atoms with Gasteiger partial charge < -0.3 is 10.2 Å². The van der Waals surface area contributed by atoms with Gasteiger partial charge in [-0.25, -0.2) is 14.2 Å². The molecule has 0 saturated carbocycles. The number of halogens is 1. The van der Waals surface area contributed by atoms with Crippen LogP contribution >= 0.6 is 0 Å². The molecule has 2 aliphatic heterocycles. The zero-order chi connectivity index (χ0) is 24.9. The van der Waals surface area contributed by atoms with Crippen molar-refractivity contribution in [2.45, 2.75) is 26.9 Å². The second-order valence-corrected chi connectivity index (χ2v) is 8.89. The van der Waals surface area contributed by atoms with E-state index in [9.17, 15) is 9.59 Å². The summed E-state index contributed by atoms with van der Waals surface area (Å²) in [6.07, 6.45) is 0. The van der Waals surface area contributed by atoms with Crippen LogP contribution in [0.4, 0.5) is 21.6 Å². The van der Waals surface area contributed by atoms with Gasteiger partial charge in [-0.1, -0.05) is 0 Å². The van der Waals surface area contributed by atoms with Crippen molar-refractivity contribution in [1.29, 1.82) is 0 Å². The van der Waals surface area contributed by atoms with Gasteiger partial charge in [0.25, 0.3) is 5.91 Å². The van der Waals surface area contributed by atoms with Crippen LogP contribution in [0.5, 0.6) is 0 Å². The minimum absolute atomic E-state index is 0.121. The SMILES string of the molecule is CCn1c2c3c(cc(CN4CCN(c5ccc(C(=O)NC)nc5C)CC4)c(F)c3nc1=O)N(C)N2. The Morgan fingerprint density at radius 1 is 1.17 bits per heavy atom. The first kappa shape index (κ1) is 23.0. The molecule has 0 aliphatic carbocycles. The number of amides is 1. The van der Waals surface area contributed by atoms with Gasteiger partial charge in [-0.2, -0.15) is 4.98 Å². The van der Waals surface area contributed by atoms with Crippen LogP contribution in [-0.4, -0.2) is 65.6 Å². The molecule has 2 aliphatic rings. The molecule has 0 radical (unpaired) electrons. The van der Waals surface area contributed by atoms with Gasteiger partial charge in [-0.05, 0) is 32.0 Å². The van der Waals surface area contributed by atoms with Gasteiger partial charge in [0.15, 0.2) is 5.82 Å². The molecule has 2 N–H and O–H groups in total. The van der Waals surface area contributed by atoms with E-state index in [4.69, 9.17) is 0 Å². The predicted molar refractivity (Wildman–Crippen MR) is 134 cm³/mol. The molecule has 2 aromatic heterocycles. The van der Waals surface area contributed by atoms with E-state index in [1.54, 1.807) is 13.1 Å². The summed E-state index contributed by atoms with van der Waals surface area (Å²) in [5, 5.41) is 5.04. The number of hydrazine groups is 1. The van der Waals surface area contributed by atoms with Crippen molar-refractivity contribution in [3.8, 4) is 0 Å². The number of benzene rings is 1. The highest BCUT2D eigenvalue weighted by molar-refractivity contribution is 6.05. The molecular formula is C24H29FN8O2. The second kappa shape index (κ2) is 8.81. The lowest BCUT2D eigenvalue weighted by molar-refractivity contribution is 0.0958. The fourth-order valence-corrected chi connectivity index (χ4v) is 4.95. The largest absolute Gasteiger partial charge is 0.368 e. The van der Waals surface area contributed by atoms with Crippen LogP contribution in [0, 0.1) is 12.7 Å². The standard InChI is InChI=1S/C24H29FN8O2/c1-5-33-22-19-18(30(4)29-22)12-15(20(25)21(19)28-24(33)35)13-31-8-10-32(11-9-31)17-7-6-16(23(34)26-3)27-14(17)2/h6-7,12,29H,5,8-11,13H2,1-4H3,(H,26,34). The van der Waals surface area contributed by atoms with E-state index in [1.807, 2.05) is 38.0 Å². The summed E-state index contributed by atoms with van der Waals surface area (Å²) in [4.78, 5) is 37.3. The first-order valence-electron chi connectivity index (χ1n) is 11.8. The van der Waals surface area contributed by atoms with E-state index < -0.39 is 11.5 Å². The number of pyridine rings is 1. The van der Waals surface area contributed by atoms with Crippen molar-refractivity contribution in [3.63, 3.8) is 0 Å². The average molecular weight is 481 g/mol. The smallest absolute Gasteiger partial charge is 0.349 e. The van der Waals surface area contributed by atoms with Crippen LogP contribution < -0.4 is 26.3 Å². The van der Waals surface area contributed by atoms with Crippen molar-refractivity contribution >= 4 is 34.0 Å². The van der Waals surface area contributed by atoms with Crippen LogP contribution in [0.3, 0.4) is 0 Å². The lowest BCUT2D eigenvalue weighted by Gasteiger charge is -2.36. The number of aryl methyl sites for hydroxylation is 1. The average Bonchev–Trinajstić information content (AvgIpc) is 3.18. The highest BCUT2D eigenvalue weighted by atomic mass is 19.1. The molecule has 1 amide bonds. The number of aromatic nitrogens is 3. The highest BCUT2D eigenvalue weighted by Crippen LogP contribution is 2.39. The second-order valence-electron chi connectivity index (χ2n) is 8.89. The molecule has 0 bridgehead atoms. The van der Waals surface area contributed by atoms with Gasteiger partial charge in [-0.3, -0.25) is 24.7 Å². The van der Waals surface area contributed by atoms with E-state index in [0.717, 1.165) is 43.2 Å². The molecule has 4 heterocycles. The third kappa shape index (κ3) is 3.85. The summed E-state index contributed by atoms with van der Waals surface area (Å²) >= 11 is 0. The molecular weight excluding hydrogens is 451 g/mol. The molecule has 1 fully saturated rings. The number of hydrogen-bond donors (Lipinski definition) is 2. The third-order valence-electron chi connectivity index (χ3n) is 6.81. The summed E-state index contributed by atoms with van der Waals surface area (Å²) in [6, 6.07) is 5.52. The first-order chi connectivity index (χ1) is 16.8. The Morgan fingerprint density at radius 2 is 1.91 bits per heavy atom. The summed E-state index contributed by atoms with van der Waals surface area (Å²) in [6.45, 7) is 7.65. The van der Waals surface area contributed by atoms with E-state index >= 15 is 4.39 Å². The zero-order valence-electron chi connectivity index (χ0n) is 20.4. The molecule has 1 saturated heterocycles. The van der Waals surface area contributed by atoms with Gasteiger partial charge in [0.1, 0.15) is 17.0 Å². The molecule has 3 aromatic rings. The number of nitrogens with zero attached hydrogens (tertiary/aromatic N) is 6. The van der Waals surface area contributed by atoms with E-state index in [1.165, 1.54) is 4.57 Å². The predicted octanol–water partition coefficient (Wildman–Crippen LogP) is 1.72. The van der Waals surface area contributed by atoms with Crippen LogP contribution in [0.25, 0.3) is 10.9 Å². The number of hydrogen-bond acceptors (Lipinski definition) is 8. The Bertz CT molecular complexity index is 1380. The van der Waals surface area contributed by atoms with Crippen molar-refractivity contribution in [3.05, 3.63) is 51.5 Å². The number of rotatable bonds is 5. The Hall–Kier alpha value is -3.73. The maximum atomic E-state index is 15.5. The molecule has 0 atom stereocenters. The molecule has 5 rings (SSSR count). The van der Waals surface area contributed by atoms with Crippen molar-refractivity contribution < 1.29 is 9.18 Å². The number of carbonyl (C=O) groups excluding carboxylic acids is 1. The Morgan fingerprint density at radius 3 is 2.57 bits per heavy atom. The van der Waals surface area contributed by atoms with Gasteiger partial charge in [0.2, 0.25) is 0 Å². The summed E-state index contributed by atoms with van der Waals surface area (Å²) in [7, 11) is 3.44. The minimum Gasteiger partial charge on any atom is -0.368 e. The fraction of sp³-hybridized carbons (Fsp3) is 0.417. The molecule has 10 nitrogen and oxygen atoms in total. The van der Waals surface area contributed by atoms with Crippen LogP contribution in [0.1, 0.15) is 28.7 Å². The van der Waals surface area contributed by atoms with Gasteiger partial charge >= 0.3 is 5.69 Å². The first-order valence-corrected chi connectivity index (χ1v) is 11.8.